The standard InChI is InChI=1S/C9H20O6S/c1-16(11)15-9-8-14-7-6-13-5-4-12-3-2-10/h10H,2-9H2,1H3. The van der Waals surface area contributed by atoms with Gasteiger partial charge in [0, 0.05) is 6.26 Å². The molecule has 7 heteroatoms. The first kappa shape index (κ1) is 16.0. The fraction of sp³-hybridized carbons (Fsp3) is 1.00. The van der Waals surface area contributed by atoms with E-state index in [0.717, 1.165) is 0 Å². The predicted molar refractivity (Wildman–Crippen MR) is 59.6 cm³/mol. The van der Waals surface area contributed by atoms with Crippen molar-refractivity contribution in [3.8, 4) is 0 Å². The van der Waals surface area contributed by atoms with Gasteiger partial charge >= 0.3 is 0 Å². The first-order valence-electron chi connectivity index (χ1n) is 5.08. The summed E-state index contributed by atoms with van der Waals surface area (Å²) in [4.78, 5) is 0. The molecule has 6 nitrogen and oxygen atoms in total. The third kappa shape index (κ3) is 13.9. The highest BCUT2D eigenvalue weighted by molar-refractivity contribution is 7.79. The third-order valence-corrected chi connectivity index (χ3v) is 1.96. The molecule has 0 aliphatic rings. The molecule has 0 amide bonds. The second kappa shape index (κ2) is 13.0. The molecule has 1 N–H and O–H groups in total. The molecule has 16 heavy (non-hydrogen) atoms. The van der Waals surface area contributed by atoms with Crippen LogP contribution in [0.25, 0.3) is 0 Å². The van der Waals surface area contributed by atoms with Crippen LogP contribution in [0.3, 0.4) is 0 Å². The molecule has 0 aromatic heterocycles. The molecular formula is C9H20O6S. The van der Waals surface area contributed by atoms with E-state index in [1.165, 1.54) is 6.26 Å². The van der Waals surface area contributed by atoms with Crippen LogP contribution in [-0.4, -0.2) is 68.4 Å². The quantitative estimate of drug-likeness (QED) is 0.467. The minimum atomic E-state index is -1.23. The summed E-state index contributed by atoms with van der Waals surface area (Å²) in [5.41, 5.74) is 0. The van der Waals surface area contributed by atoms with Crippen LogP contribution >= 0.6 is 0 Å². The highest BCUT2D eigenvalue weighted by atomic mass is 32.2. The van der Waals surface area contributed by atoms with Gasteiger partial charge in [-0.1, -0.05) is 0 Å². The molecule has 0 aromatic rings. The van der Waals surface area contributed by atoms with Crippen molar-refractivity contribution in [3.05, 3.63) is 0 Å². The van der Waals surface area contributed by atoms with Crippen molar-refractivity contribution in [2.75, 3.05) is 59.1 Å². The van der Waals surface area contributed by atoms with E-state index in [2.05, 4.69) is 0 Å². The molecule has 98 valence electrons. The Bertz CT molecular complexity index is 166. The zero-order chi connectivity index (χ0) is 12.1. The average Bonchev–Trinajstić information content (AvgIpc) is 2.25. The maximum Gasteiger partial charge on any atom is 0.152 e. The number of hydrogen-bond donors (Lipinski definition) is 1. The Morgan fingerprint density at radius 2 is 1.31 bits per heavy atom. The molecule has 0 heterocycles. The largest absolute Gasteiger partial charge is 0.394 e. The Morgan fingerprint density at radius 3 is 1.75 bits per heavy atom. The summed E-state index contributed by atoms with van der Waals surface area (Å²) in [5.74, 6) is 0. The molecule has 0 fully saturated rings. The van der Waals surface area contributed by atoms with Gasteiger partial charge in [-0.25, -0.2) is 4.21 Å². The van der Waals surface area contributed by atoms with Crippen molar-refractivity contribution in [2.45, 2.75) is 0 Å². The highest BCUT2D eigenvalue weighted by Crippen LogP contribution is 1.83. The van der Waals surface area contributed by atoms with Gasteiger partial charge in [0.1, 0.15) is 0 Å². The van der Waals surface area contributed by atoms with E-state index in [0.29, 0.717) is 46.2 Å². The lowest BCUT2D eigenvalue weighted by Crippen LogP contribution is -2.12. The Kier molecular flexibility index (Phi) is 13.0. The van der Waals surface area contributed by atoms with Gasteiger partial charge in [0.2, 0.25) is 0 Å². The van der Waals surface area contributed by atoms with Crippen LogP contribution in [-0.2, 0) is 29.5 Å². The zero-order valence-corrected chi connectivity index (χ0v) is 10.4. The molecule has 0 aliphatic heterocycles. The Hall–Kier alpha value is -0.0500. The van der Waals surface area contributed by atoms with Gasteiger partial charge in [0.25, 0.3) is 0 Å². The fourth-order valence-corrected chi connectivity index (χ4v) is 1.12. The molecule has 0 aliphatic carbocycles. The molecule has 0 aromatic carbocycles. The molecule has 1 unspecified atom stereocenters. The normalized spacial score (nSPS) is 12.9. The lowest BCUT2D eigenvalue weighted by Gasteiger charge is -2.05. The van der Waals surface area contributed by atoms with Crippen LogP contribution < -0.4 is 0 Å². The summed E-state index contributed by atoms with van der Waals surface area (Å²) < 4.78 is 30.6. The molecule has 0 saturated carbocycles. The van der Waals surface area contributed by atoms with Gasteiger partial charge in [0.05, 0.1) is 52.9 Å². The number of aliphatic hydroxyl groups is 1. The number of hydrogen-bond acceptors (Lipinski definition) is 6. The summed E-state index contributed by atoms with van der Waals surface area (Å²) >= 11 is -1.23. The first-order valence-corrected chi connectivity index (χ1v) is 6.56. The van der Waals surface area contributed by atoms with E-state index >= 15 is 0 Å². The van der Waals surface area contributed by atoms with Crippen LogP contribution in [0.5, 0.6) is 0 Å². The third-order valence-electron chi connectivity index (χ3n) is 1.46. The maximum atomic E-state index is 10.5. The van der Waals surface area contributed by atoms with E-state index in [4.69, 9.17) is 23.5 Å². The predicted octanol–water partition coefficient (Wildman–Crippen LogP) is -0.661. The summed E-state index contributed by atoms with van der Waals surface area (Å²) in [6.07, 6.45) is 1.47. The van der Waals surface area contributed by atoms with Gasteiger partial charge in [-0.2, -0.15) is 0 Å². The summed E-state index contributed by atoms with van der Waals surface area (Å²) in [6, 6.07) is 0. The monoisotopic (exact) mass is 256 g/mol. The Balaban J connectivity index is 2.90. The maximum absolute atomic E-state index is 10.5. The van der Waals surface area contributed by atoms with Crippen LogP contribution in [0.1, 0.15) is 0 Å². The van der Waals surface area contributed by atoms with Gasteiger partial charge < -0.3 is 19.3 Å². The van der Waals surface area contributed by atoms with Gasteiger partial charge in [-0.3, -0.25) is 4.18 Å². The van der Waals surface area contributed by atoms with E-state index < -0.39 is 11.1 Å². The van der Waals surface area contributed by atoms with Crippen LogP contribution in [0.4, 0.5) is 0 Å². The average molecular weight is 256 g/mol. The van der Waals surface area contributed by atoms with E-state index in [-0.39, 0.29) is 6.61 Å². The second-order valence-electron chi connectivity index (χ2n) is 2.78. The minimum Gasteiger partial charge on any atom is -0.394 e. The first-order chi connectivity index (χ1) is 7.77. The molecule has 0 rings (SSSR count). The lowest BCUT2D eigenvalue weighted by atomic mass is 10.7. The number of rotatable bonds is 12. The molecule has 0 radical (unpaired) electrons. The summed E-state index contributed by atoms with van der Waals surface area (Å²) in [7, 11) is 0. The van der Waals surface area contributed by atoms with E-state index in [1.807, 2.05) is 0 Å². The second-order valence-corrected chi connectivity index (χ2v) is 3.82. The Morgan fingerprint density at radius 1 is 0.875 bits per heavy atom. The summed E-state index contributed by atoms with van der Waals surface area (Å²) in [5, 5.41) is 8.41. The van der Waals surface area contributed by atoms with Crippen molar-refractivity contribution in [3.63, 3.8) is 0 Å². The van der Waals surface area contributed by atoms with Gasteiger partial charge in [0.15, 0.2) is 11.1 Å². The van der Waals surface area contributed by atoms with Gasteiger partial charge in [-0.15, -0.1) is 0 Å². The smallest absolute Gasteiger partial charge is 0.152 e. The topological polar surface area (TPSA) is 74.2 Å². The molecule has 0 saturated heterocycles. The lowest BCUT2D eigenvalue weighted by molar-refractivity contribution is 0.00418. The fourth-order valence-electron chi connectivity index (χ4n) is 0.817. The molecular weight excluding hydrogens is 236 g/mol. The van der Waals surface area contributed by atoms with Gasteiger partial charge in [-0.05, 0) is 0 Å². The zero-order valence-electron chi connectivity index (χ0n) is 9.55. The number of ether oxygens (including phenoxy) is 3. The van der Waals surface area contributed by atoms with Crippen molar-refractivity contribution in [2.24, 2.45) is 0 Å². The van der Waals surface area contributed by atoms with Crippen molar-refractivity contribution in [1.29, 1.82) is 0 Å². The van der Waals surface area contributed by atoms with E-state index in [9.17, 15) is 4.21 Å². The molecule has 0 spiro atoms. The highest BCUT2D eigenvalue weighted by Gasteiger charge is 1.93. The SMILES string of the molecule is CS(=O)OCCOCCOCCOCCO. The minimum absolute atomic E-state index is 0.0297. The van der Waals surface area contributed by atoms with Crippen LogP contribution in [0.2, 0.25) is 0 Å². The number of aliphatic hydroxyl groups excluding tert-OH is 1. The van der Waals surface area contributed by atoms with Crippen LogP contribution in [0, 0.1) is 0 Å². The molecule has 0 bridgehead atoms. The Labute approximate surface area is 98.5 Å². The van der Waals surface area contributed by atoms with Crippen LogP contribution in [0.15, 0.2) is 0 Å². The summed E-state index contributed by atoms with van der Waals surface area (Å²) in [6.45, 7) is 3.01. The van der Waals surface area contributed by atoms with Crippen molar-refractivity contribution >= 4 is 11.1 Å². The van der Waals surface area contributed by atoms with E-state index in [1.54, 1.807) is 0 Å². The molecule has 1 atom stereocenters. The van der Waals surface area contributed by atoms with Crippen molar-refractivity contribution < 1.29 is 27.7 Å². The van der Waals surface area contributed by atoms with Crippen molar-refractivity contribution in [1.82, 2.24) is 0 Å².